The molecule has 1 aliphatic heterocycles. The largest absolute Gasteiger partial charge is 0.497 e. The standard InChI is InChI=1S/C23H31N3O6S/c1-5-26(6-2)33(28,29)18-8-9-21(25-11-13-32-14-12-25)20(16-18)24-23(27)19-15-17(30-3)7-10-22(19)31-4/h7-10,15-16H,5-6,11-14H2,1-4H3,(H,24,27). The Hall–Kier alpha value is -2.82. The van der Waals surface area contributed by atoms with Crippen molar-refractivity contribution in [3.63, 3.8) is 0 Å². The molecule has 1 fully saturated rings. The van der Waals surface area contributed by atoms with Crippen molar-refractivity contribution in [2.24, 2.45) is 0 Å². The minimum Gasteiger partial charge on any atom is -0.497 e. The fourth-order valence-electron chi connectivity index (χ4n) is 3.75. The smallest absolute Gasteiger partial charge is 0.259 e. The molecule has 1 N–H and O–H groups in total. The molecular weight excluding hydrogens is 446 g/mol. The SMILES string of the molecule is CCN(CC)S(=O)(=O)c1ccc(N2CCOCC2)c(NC(=O)c2cc(OC)ccc2OC)c1. The Morgan fingerprint density at radius 3 is 2.36 bits per heavy atom. The van der Waals surface area contributed by atoms with Gasteiger partial charge in [0, 0.05) is 26.2 Å². The first-order valence-electron chi connectivity index (χ1n) is 10.9. The molecule has 2 aromatic carbocycles. The van der Waals surface area contributed by atoms with Crippen LogP contribution in [-0.2, 0) is 14.8 Å². The van der Waals surface area contributed by atoms with E-state index in [1.807, 2.05) is 0 Å². The molecular formula is C23H31N3O6S. The van der Waals surface area contributed by atoms with Crippen LogP contribution in [0, 0.1) is 0 Å². The van der Waals surface area contributed by atoms with Crippen LogP contribution in [0.2, 0.25) is 0 Å². The number of ether oxygens (including phenoxy) is 3. The third-order valence-electron chi connectivity index (χ3n) is 5.56. The summed E-state index contributed by atoms with van der Waals surface area (Å²) in [4.78, 5) is 15.4. The first-order valence-corrected chi connectivity index (χ1v) is 12.3. The summed E-state index contributed by atoms with van der Waals surface area (Å²) in [5.74, 6) is 0.456. The molecule has 33 heavy (non-hydrogen) atoms. The molecule has 1 heterocycles. The van der Waals surface area contributed by atoms with E-state index in [0.717, 1.165) is 5.69 Å². The summed E-state index contributed by atoms with van der Waals surface area (Å²) in [6.07, 6.45) is 0. The normalized spacial score (nSPS) is 14.3. The number of sulfonamides is 1. The van der Waals surface area contributed by atoms with Crippen LogP contribution in [0.3, 0.4) is 0 Å². The van der Waals surface area contributed by atoms with E-state index in [4.69, 9.17) is 14.2 Å². The third kappa shape index (κ3) is 5.40. The van der Waals surface area contributed by atoms with Crippen LogP contribution in [-0.4, -0.2) is 72.2 Å². The lowest BCUT2D eigenvalue weighted by Gasteiger charge is -2.31. The van der Waals surface area contributed by atoms with Gasteiger partial charge >= 0.3 is 0 Å². The van der Waals surface area contributed by atoms with Gasteiger partial charge in [-0.3, -0.25) is 4.79 Å². The molecule has 0 spiro atoms. The average Bonchev–Trinajstić information content (AvgIpc) is 2.84. The number of nitrogens with one attached hydrogen (secondary N) is 1. The minimum absolute atomic E-state index is 0.121. The zero-order chi connectivity index (χ0) is 24.0. The predicted octanol–water partition coefficient (Wildman–Crippen LogP) is 2.82. The number of carbonyl (C=O) groups is 1. The van der Waals surface area contributed by atoms with E-state index in [1.54, 1.807) is 44.2 Å². The van der Waals surface area contributed by atoms with Crippen LogP contribution in [0.15, 0.2) is 41.3 Å². The lowest BCUT2D eigenvalue weighted by molar-refractivity contribution is 0.102. The van der Waals surface area contributed by atoms with Crippen LogP contribution in [0.1, 0.15) is 24.2 Å². The van der Waals surface area contributed by atoms with Gasteiger partial charge < -0.3 is 24.4 Å². The molecule has 0 aromatic heterocycles. The highest BCUT2D eigenvalue weighted by Gasteiger charge is 2.25. The van der Waals surface area contributed by atoms with E-state index in [2.05, 4.69) is 10.2 Å². The average molecular weight is 478 g/mol. The van der Waals surface area contributed by atoms with Crippen molar-refractivity contribution in [2.45, 2.75) is 18.7 Å². The second kappa shape index (κ2) is 10.9. The van der Waals surface area contributed by atoms with E-state index < -0.39 is 15.9 Å². The summed E-state index contributed by atoms with van der Waals surface area (Å²) in [7, 11) is -0.704. The highest BCUT2D eigenvalue weighted by molar-refractivity contribution is 7.89. The predicted molar refractivity (Wildman–Crippen MR) is 127 cm³/mol. The number of methoxy groups -OCH3 is 2. The zero-order valence-corrected chi connectivity index (χ0v) is 20.3. The van der Waals surface area contributed by atoms with Crippen molar-refractivity contribution in [3.8, 4) is 11.5 Å². The Kier molecular flexibility index (Phi) is 8.17. The minimum atomic E-state index is -3.70. The van der Waals surface area contributed by atoms with Gasteiger partial charge in [0.05, 0.1) is 49.3 Å². The molecule has 1 saturated heterocycles. The van der Waals surface area contributed by atoms with Crippen molar-refractivity contribution in [1.82, 2.24) is 4.31 Å². The van der Waals surface area contributed by atoms with Gasteiger partial charge in [0.25, 0.3) is 5.91 Å². The van der Waals surface area contributed by atoms with E-state index in [1.165, 1.54) is 24.6 Å². The van der Waals surface area contributed by atoms with Crippen LogP contribution in [0.4, 0.5) is 11.4 Å². The summed E-state index contributed by atoms with van der Waals surface area (Å²) in [5, 5.41) is 2.90. The lowest BCUT2D eigenvalue weighted by Crippen LogP contribution is -2.37. The van der Waals surface area contributed by atoms with Crippen molar-refractivity contribution in [2.75, 3.05) is 63.8 Å². The second-order valence-corrected chi connectivity index (χ2v) is 9.33. The number of carbonyl (C=O) groups excluding carboxylic acids is 1. The number of benzene rings is 2. The van der Waals surface area contributed by atoms with Gasteiger partial charge in [0.15, 0.2) is 0 Å². The number of morpholine rings is 1. The van der Waals surface area contributed by atoms with Crippen LogP contribution in [0.5, 0.6) is 11.5 Å². The number of hydrogen-bond acceptors (Lipinski definition) is 7. The summed E-state index contributed by atoms with van der Waals surface area (Å²) in [5.41, 5.74) is 1.41. The van der Waals surface area contributed by atoms with Gasteiger partial charge in [-0.15, -0.1) is 0 Å². The highest BCUT2D eigenvalue weighted by Crippen LogP contribution is 2.32. The van der Waals surface area contributed by atoms with Gasteiger partial charge in [0.1, 0.15) is 11.5 Å². The number of nitrogens with zero attached hydrogens (tertiary/aromatic N) is 2. The fraction of sp³-hybridized carbons (Fsp3) is 0.435. The van der Waals surface area contributed by atoms with Gasteiger partial charge in [0.2, 0.25) is 10.0 Å². The molecule has 9 nitrogen and oxygen atoms in total. The van der Waals surface area contributed by atoms with Gasteiger partial charge in [-0.25, -0.2) is 8.42 Å². The molecule has 2 aromatic rings. The van der Waals surface area contributed by atoms with E-state index >= 15 is 0 Å². The maximum Gasteiger partial charge on any atom is 0.259 e. The van der Waals surface area contributed by atoms with Crippen molar-refractivity contribution in [1.29, 1.82) is 0 Å². The third-order valence-corrected chi connectivity index (χ3v) is 7.61. The molecule has 0 radical (unpaired) electrons. The molecule has 1 aliphatic rings. The molecule has 0 unspecified atom stereocenters. The molecule has 3 rings (SSSR count). The number of hydrogen-bond donors (Lipinski definition) is 1. The van der Waals surface area contributed by atoms with Crippen LogP contribution in [0.25, 0.3) is 0 Å². The fourth-order valence-corrected chi connectivity index (χ4v) is 5.23. The van der Waals surface area contributed by atoms with Crippen LogP contribution >= 0.6 is 0 Å². The molecule has 0 bridgehead atoms. The molecule has 10 heteroatoms. The maximum absolute atomic E-state index is 13.3. The first-order chi connectivity index (χ1) is 15.8. The summed E-state index contributed by atoms with van der Waals surface area (Å²) in [6.45, 7) is 6.66. The van der Waals surface area contributed by atoms with Gasteiger partial charge in [-0.05, 0) is 36.4 Å². The summed E-state index contributed by atoms with van der Waals surface area (Å²) < 4.78 is 43.6. The Bertz CT molecular complexity index is 1080. The Labute approximate surface area is 195 Å². The van der Waals surface area contributed by atoms with Crippen molar-refractivity contribution in [3.05, 3.63) is 42.0 Å². The van der Waals surface area contributed by atoms with Crippen LogP contribution < -0.4 is 19.7 Å². The Morgan fingerprint density at radius 1 is 1.06 bits per heavy atom. The quantitative estimate of drug-likeness (QED) is 0.593. The second-order valence-electron chi connectivity index (χ2n) is 7.39. The van der Waals surface area contributed by atoms with Gasteiger partial charge in [-0.1, -0.05) is 13.8 Å². The number of rotatable bonds is 9. The lowest BCUT2D eigenvalue weighted by atomic mass is 10.1. The zero-order valence-electron chi connectivity index (χ0n) is 19.5. The summed E-state index contributed by atoms with van der Waals surface area (Å²) >= 11 is 0. The van der Waals surface area contributed by atoms with E-state index in [-0.39, 0.29) is 10.5 Å². The highest BCUT2D eigenvalue weighted by atomic mass is 32.2. The Morgan fingerprint density at radius 2 is 1.76 bits per heavy atom. The van der Waals surface area contributed by atoms with E-state index in [0.29, 0.717) is 56.6 Å². The molecule has 0 aliphatic carbocycles. The van der Waals surface area contributed by atoms with Crippen molar-refractivity contribution >= 4 is 27.3 Å². The molecule has 0 atom stereocenters. The number of anilines is 2. The summed E-state index contributed by atoms with van der Waals surface area (Å²) in [6, 6.07) is 9.77. The molecule has 0 saturated carbocycles. The first kappa shape index (κ1) is 24.8. The molecule has 180 valence electrons. The molecule has 1 amide bonds. The van der Waals surface area contributed by atoms with Gasteiger partial charge in [-0.2, -0.15) is 4.31 Å². The number of amides is 1. The maximum atomic E-state index is 13.3. The van der Waals surface area contributed by atoms with Crippen molar-refractivity contribution < 1.29 is 27.4 Å². The Balaban J connectivity index is 2.05. The van der Waals surface area contributed by atoms with E-state index in [9.17, 15) is 13.2 Å². The monoisotopic (exact) mass is 477 g/mol. The topological polar surface area (TPSA) is 97.4 Å².